The van der Waals surface area contributed by atoms with Gasteiger partial charge in [0.05, 0.1) is 11.6 Å². The van der Waals surface area contributed by atoms with E-state index >= 15 is 0 Å². The molecule has 4 aliphatic carbocycles. The normalized spacial score (nSPS) is 37.9. The fraction of sp³-hybridized carbons (Fsp3) is 0.913. The molecule has 0 radical (unpaired) electrons. The predicted octanol–water partition coefficient (Wildman–Crippen LogP) is 3.69. The van der Waals surface area contributed by atoms with Crippen molar-refractivity contribution in [1.82, 2.24) is 10.2 Å². The fourth-order valence-corrected chi connectivity index (χ4v) is 6.63. The van der Waals surface area contributed by atoms with Gasteiger partial charge in [-0.2, -0.15) is 0 Å². The first kappa shape index (κ1) is 21.7. The Labute approximate surface area is 179 Å². The van der Waals surface area contributed by atoms with Gasteiger partial charge in [-0.15, -0.1) is 0 Å². The minimum Gasteiger partial charge on any atom is -0.446 e. The third kappa shape index (κ3) is 4.14. The van der Waals surface area contributed by atoms with Crippen molar-refractivity contribution >= 4 is 12.2 Å². The number of nitrogens with zero attached hydrogens (tertiary/aromatic N) is 1. The first-order valence-corrected chi connectivity index (χ1v) is 11.5. The third-order valence-electron chi connectivity index (χ3n) is 7.89. The van der Waals surface area contributed by atoms with Crippen LogP contribution in [0.1, 0.15) is 73.1 Å². The molecular formula is C23H38N2O5. The molecule has 0 spiro atoms. The zero-order chi connectivity index (χ0) is 21.9. The number of aliphatic hydroxyl groups is 1. The van der Waals surface area contributed by atoms with Gasteiger partial charge < -0.3 is 24.8 Å². The van der Waals surface area contributed by atoms with Crippen LogP contribution in [0.4, 0.5) is 9.59 Å². The lowest BCUT2D eigenvalue weighted by atomic mass is 9.45. The largest absolute Gasteiger partial charge is 0.446 e. The molecule has 5 fully saturated rings. The lowest BCUT2D eigenvalue weighted by Gasteiger charge is -2.62. The van der Waals surface area contributed by atoms with Crippen molar-refractivity contribution in [2.24, 2.45) is 23.2 Å². The Morgan fingerprint density at radius 2 is 1.70 bits per heavy atom. The van der Waals surface area contributed by atoms with Gasteiger partial charge in [-0.3, -0.25) is 0 Å². The molecule has 0 aromatic heterocycles. The molecule has 30 heavy (non-hydrogen) atoms. The highest BCUT2D eigenvalue weighted by molar-refractivity contribution is 5.70. The Kier molecular flexibility index (Phi) is 5.27. The molecule has 7 nitrogen and oxygen atoms in total. The number of rotatable bonds is 3. The number of likely N-dealkylation sites (tertiary alicyclic amines) is 1. The van der Waals surface area contributed by atoms with E-state index in [-0.39, 0.29) is 23.7 Å². The first-order chi connectivity index (χ1) is 13.9. The summed E-state index contributed by atoms with van der Waals surface area (Å²) in [6.45, 7) is 10.4. The van der Waals surface area contributed by atoms with Crippen LogP contribution in [0.2, 0.25) is 0 Å². The fourth-order valence-electron chi connectivity index (χ4n) is 6.63. The van der Waals surface area contributed by atoms with Crippen molar-refractivity contribution in [3.8, 4) is 0 Å². The number of carbonyl (C=O) groups excluding carboxylic acids is 2. The second-order valence-electron chi connectivity index (χ2n) is 11.7. The van der Waals surface area contributed by atoms with E-state index in [1.807, 2.05) is 34.6 Å². The van der Waals surface area contributed by atoms with Crippen molar-refractivity contribution in [2.75, 3.05) is 13.1 Å². The number of hydrogen-bond acceptors (Lipinski definition) is 5. The van der Waals surface area contributed by atoms with E-state index in [4.69, 9.17) is 9.47 Å². The van der Waals surface area contributed by atoms with Gasteiger partial charge in [0.15, 0.2) is 0 Å². The monoisotopic (exact) mass is 422 g/mol. The van der Waals surface area contributed by atoms with Crippen molar-refractivity contribution < 1.29 is 24.2 Å². The highest BCUT2D eigenvalue weighted by atomic mass is 16.6. The maximum atomic E-state index is 12.9. The van der Waals surface area contributed by atoms with Crippen LogP contribution < -0.4 is 5.32 Å². The maximum absolute atomic E-state index is 12.9. The summed E-state index contributed by atoms with van der Waals surface area (Å²) >= 11 is 0. The van der Waals surface area contributed by atoms with Gasteiger partial charge in [-0.1, -0.05) is 0 Å². The van der Waals surface area contributed by atoms with Gasteiger partial charge in [0.2, 0.25) is 0 Å². The Morgan fingerprint density at radius 3 is 2.27 bits per heavy atom. The van der Waals surface area contributed by atoms with Crippen molar-refractivity contribution in [2.45, 2.75) is 96.5 Å². The molecule has 7 heteroatoms. The summed E-state index contributed by atoms with van der Waals surface area (Å²) < 4.78 is 11.4. The predicted molar refractivity (Wildman–Crippen MR) is 112 cm³/mol. The van der Waals surface area contributed by atoms with Crippen LogP contribution in [-0.2, 0) is 9.47 Å². The highest BCUT2D eigenvalue weighted by Gasteiger charge is 2.61. The molecule has 4 bridgehead atoms. The Bertz CT molecular complexity index is 679. The zero-order valence-corrected chi connectivity index (χ0v) is 19.1. The number of hydrogen-bond donors (Lipinski definition) is 2. The summed E-state index contributed by atoms with van der Waals surface area (Å²) in [5, 5.41) is 13.7. The van der Waals surface area contributed by atoms with Crippen LogP contribution in [0.15, 0.2) is 0 Å². The SMILES string of the molecule is CC(C)(C)OC(=O)N[C@@H]1CCN(C(=O)OC2C3CC4C[C@@H]2CC(C(C)(C)O)(C4)C3)C1. The molecule has 5 aliphatic rings. The van der Waals surface area contributed by atoms with Crippen molar-refractivity contribution in [1.29, 1.82) is 0 Å². The molecular weight excluding hydrogens is 384 g/mol. The smallest absolute Gasteiger partial charge is 0.410 e. The highest BCUT2D eigenvalue weighted by Crippen LogP contribution is 2.64. The van der Waals surface area contributed by atoms with E-state index in [0.29, 0.717) is 37.3 Å². The summed E-state index contributed by atoms with van der Waals surface area (Å²) in [5.74, 6) is 1.35. The molecule has 1 heterocycles. The molecule has 0 aromatic carbocycles. The number of carbonyl (C=O) groups is 2. The van der Waals surface area contributed by atoms with Crippen LogP contribution in [0.3, 0.4) is 0 Å². The average molecular weight is 423 g/mol. The number of ether oxygens (including phenoxy) is 2. The Balaban J connectivity index is 1.32. The molecule has 6 atom stereocenters. The second-order valence-corrected chi connectivity index (χ2v) is 11.7. The number of amides is 2. The van der Waals surface area contributed by atoms with Crippen LogP contribution in [0, 0.1) is 23.2 Å². The number of nitrogens with one attached hydrogen (secondary N) is 1. The third-order valence-corrected chi connectivity index (χ3v) is 7.89. The quantitative estimate of drug-likeness (QED) is 0.724. The van der Waals surface area contributed by atoms with Crippen molar-refractivity contribution in [3.05, 3.63) is 0 Å². The van der Waals surface area contributed by atoms with Gasteiger partial charge in [0.25, 0.3) is 0 Å². The molecule has 2 amide bonds. The first-order valence-electron chi connectivity index (χ1n) is 11.5. The van der Waals surface area contributed by atoms with Crippen LogP contribution in [-0.4, -0.2) is 58.6 Å². The summed E-state index contributed by atoms with van der Waals surface area (Å²) in [6, 6.07) is -0.107. The standard InChI is InChI=1S/C23H38N2O5/c1-21(2,3)30-19(26)24-17-6-7-25(13-17)20(27)29-18-15-8-14-9-16(18)12-23(10-14,11-15)22(4,5)28/h14-18,28H,6-13H2,1-5H3,(H,24,26)/t14?,15-,16?,17-,18?,23?/m1/s1. The van der Waals surface area contributed by atoms with Crippen LogP contribution in [0.25, 0.3) is 0 Å². The minimum atomic E-state index is -0.687. The van der Waals surface area contributed by atoms with E-state index in [1.165, 1.54) is 0 Å². The van der Waals surface area contributed by atoms with Gasteiger partial charge in [-0.05, 0) is 96.3 Å². The Morgan fingerprint density at radius 1 is 1.07 bits per heavy atom. The number of alkyl carbamates (subject to hydrolysis) is 1. The molecule has 1 saturated heterocycles. The summed E-state index contributed by atoms with van der Waals surface area (Å²) in [7, 11) is 0. The van der Waals surface area contributed by atoms with Crippen LogP contribution in [0.5, 0.6) is 0 Å². The lowest BCUT2D eigenvalue weighted by molar-refractivity contribution is -0.200. The molecule has 1 aliphatic heterocycles. The molecule has 2 N–H and O–H groups in total. The van der Waals surface area contributed by atoms with E-state index in [9.17, 15) is 14.7 Å². The molecule has 4 unspecified atom stereocenters. The average Bonchev–Trinajstić information content (AvgIpc) is 3.03. The Hall–Kier alpha value is -1.50. The summed E-state index contributed by atoms with van der Waals surface area (Å²) in [4.78, 5) is 26.6. The summed E-state index contributed by atoms with van der Waals surface area (Å²) in [6.07, 6.45) is 5.17. The summed E-state index contributed by atoms with van der Waals surface area (Å²) in [5.41, 5.74) is -1.25. The molecule has 5 rings (SSSR count). The van der Waals surface area contributed by atoms with Crippen molar-refractivity contribution in [3.63, 3.8) is 0 Å². The lowest BCUT2D eigenvalue weighted by Crippen LogP contribution is -2.61. The minimum absolute atomic E-state index is 0.0253. The van der Waals surface area contributed by atoms with E-state index in [2.05, 4.69) is 5.32 Å². The van der Waals surface area contributed by atoms with Gasteiger partial charge in [0.1, 0.15) is 11.7 Å². The van der Waals surface area contributed by atoms with E-state index < -0.39 is 17.3 Å². The van der Waals surface area contributed by atoms with Gasteiger partial charge in [-0.25, -0.2) is 9.59 Å². The molecule has 4 saturated carbocycles. The zero-order valence-electron chi connectivity index (χ0n) is 19.1. The van der Waals surface area contributed by atoms with E-state index in [1.54, 1.807) is 4.90 Å². The van der Waals surface area contributed by atoms with Gasteiger partial charge in [0, 0.05) is 13.1 Å². The van der Waals surface area contributed by atoms with Gasteiger partial charge >= 0.3 is 12.2 Å². The van der Waals surface area contributed by atoms with E-state index in [0.717, 1.165) is 32.1 Å². The topological polar surface area (TPSA) is 88.1 Å². The molecule has 0 aromatic rings. The van der Waals surface area contributed by atoms with Crippen LogP contribution >= 0.6 is 0 Å². The molecule has 170 valence electrons. The maximum Gasteiger partial charge on any atom is 0.410 e. The second kappa shape index (κ2) is 7.28.